The van der Waals surface area contributed by atoms with Gasteiger partial charge in [0.1, 0.15) is 0 Å². The van der Waals surface area contributed by atoms with Crippen molar-refractivity contribution in [3.05, 3.63) is 0 Å². The van der Waals surface area contributed by atoms with Crippen LogP contribution in [0, 0.1) is 5.92 Å². The van der Waals surface area contributed by atoms with Gasteiger partial charge in [-0.1, -0.05) is 13.3 Å². The number of hydrogen-bond acceptors (Lipinski definition) is 1. The van der Waals surface area contributed by atoms with Gasteiger partial charge in [0.25, 0.3) is 0 Å². The first-order valence-electron chi connectivity index (χ1n) is 4.67. The van der Waals surface area contributed by atoms with E-state index in [9.17, 15) is 5.11 Å². The van der Waals surface area contributed by atoms with E-state index in [1.807, 2.05) is 0 Å². The van der Waals surface area contributed by atoms with E-state index in [2.05, 4.69) is 11.8 Å². The molecule has 0 amide bonds. The summed E-state index contributed by atoms with van der Waals surface area (Å²) in [4.78, 5) is 2.42. The third-order valence-electron chi connectivity index (χ3n) is 2.57. The number of nitrogens with zero attached hydrogens (tertiary/aromatic N) is 1. The van der Waals surface area contributed by atoms with Crippen LogP contribution >= 0.6 is 0 Å². The Morgan fingerprint density at radius 3 is 2.91 bits per heavy atom. The lowest BCUT2D eigenvalue weighted by Crippen LogP contribution is -2.22. The van der Waals surface area contributed by atoms with E-state index >= 15 is 0 Å². The molecule has 0 aliphatic carbocycles. The molecule has 1 saturated heterocycles. The molecule has 11 heavy (non-hydrogen) atoms. The summed E-state index contributed by atoms with van der Waals surface area (Å²) in [5.41, 5.74) is 0. The zero-order valence-electron chi connectivity index (χ0n) is 7.38. The Bertz CT molecular complexity index is 106. The Labute approximate surface area is 69.2 Å². The van der Waals surface area contributed by atoms with Gasteiger partial charge in [-0.15, -0.1) is 0 Å². The van der Waals surface area contributed by atoms with E-state index in [1.54, 1.807) is 0 Å². The summed E-state index contributed by atoms with van der Waals surface area (Å²) < 4.78 is 0. The maximum absolute atomic E-state index is 10.2. The zero-order valence-corrected chi connectivity index (χ0v) is 7.38. The van der Waals surface area contributed by atoms with E-state index in [0.717, 1.165) is 18.9 Å². The molecule has 1 atom stereocenters. The standard InChI is InChI=1S/C9H18NO/c1-2-9-4-6-10(8-9)5-3-7-11/h9H,2-8H2,1H3. The molecule has 1 rings (SSSR count). The second-order valence-electron chi connectivity index (χ2n) is 3.42. The molecule has 1 aliphatic rings. The molecule has 2 heteroatoms. The summed E-state index contributed by atoms with van der Waals surface area (Å²) in [6.45, 7) is 5.82. The van der Waals surface area contributed by atoms with Gasteiger partial charge in [0.05, 0.1) is 6.61 Å². The topological polar surface area (TPSA) is 23.1 Å². The number of hydrogen-bond donors (Lipinski definition) is 0. The van der Waals surface area contributed by atoms with Gasteiger partial charge < -0.3 is 4.90 Å². The third kappa shape index (κ3) is 2.80. The molecule has 1 radical (unpaired) electrons. The maximum Gasteiger partial charge on any atom is 0.0834 e. The summed E-state index contributed by atoms with van der Waals surface area (Å²) in [5, 5.41) is 10.2. The molecule has 65 valence electrons. The Morgan fingerprint density at radius 1 is 1.55 bits per heavy atom. The quantitative estimate of drug-likeness (QED) is 0.605. The summed E-state index contributed by atoms with van der Waals surface area (Å²) in [6.07, 6.45) is 3.47. The second-order valence-corrected chi connectivity index (χ2v) is 3.42. The molecular formula is C9H18NO. The van der Waals surface area contributed by atoms with E-state index in [1.165, 1.54) is 25.9 Å². The lowest BCUT2D eigenvalue weighted by atomic mass is 10.1. The highest BCUT2D eigenvalue weighted by Gasteiger charge is 2.19. The lowest BCUT2D eigenvalue weighted by Gasteiger charge is -2.13. The first-order valence-corrected chi connectivity index (χ1v) is 4.67. The molecular weight excluding hydrogens is 138 g/mol. The number of rotatable bonds is 4. The minimum Gasteiger partial charge on any atom is -0.303 e. The van der Waals surface area contributed by atoms with Crippen molar-refractivity contribution in [1.82, 2.24) is 4.90 Å². The molecule has 0 bridgehead atoms. The van der Waals surface area contributed by atoms with Gasteiger partial charge in [-0.25, -0.2) is 5.11 Å². The lowest BCUT2D eigenvalue weighted by molar-refractivity contribution is 0.171. The van der Waals surface area contributed by atoms with Crippen LogP contribution < -0.4 is 0 Å². The molecule has 1 heterocycles. The molecule has 1 aliphatic heterocycles. The average molecular weight is 156 g/mol. The van der Waals surface area contributed by atoms with Crippen molar-refractivity contribution in [2.24, 2.45) is 5.92 Å². The van der Waals surface area contributed by atoms with Gasteiger partial charge in [0.2, 0.25) is 0 Å². The molecule has 0 saturated carbocycles. The molecule has 1 unspecified atom stereocenters. The largest absolute Gasteiger partial charge is 0.303 e. The van der Waals surface area contributed by atoms with Gasteiger partial charge in [0, 0.05) is 13.1 Å². The van der Waals surface area contributed by atoms with Gasteiger partial charge >= 0.3 is 0 Å². The van der Waals surface area contributed by atoms with Crippen molar-refractivity contribution in [1.29, 1.82) is 0 Å². The smallest absolute Gasteiger partial charge is 0.0834 e. The predicted octanol–water partition coefficient (Wildman–Crippen LogP) is 1.54. The summed E-state index contributed by atoms with van der Waals surface area (Å²) in [7, 11) is 0. The van der Waals surface area contributed by atoms with Crippen LogP contribution in [0.25, 0.3) is 0 Å². The summed E-state index contributed by atoms with van der Waals surface area (Å²) in [5.74, 6) is 0.904. The summed E-state index contributed by atoms with van der Waals surface area (Å²) >= 11 is 0. The highest BCUT2D eigenvalue weighted by molar-refractivity contribution is 4.73. The van der Waals surface area contributed by atoms with Crippen molar-refractivity contribution in [3.8, 4) is 0 Å². The van der Waals surface area contributed by atoms with Gasteiger partial charge in [-0.2, -0.15) is 0 Å². The minimum absolute atomic E-state index is 0.0906. The number of likely N-dealkylation sites (tertiary alicyclic amines) is 1. The fourth-order valence-corrected chi connectivity index (χ4v) is 1.74. The van der Waals surface area contributed by atoms with Crippen molar-refractivity contribution in [2.75, 3.05) is 26.2 Å². The van der Waals surface area contributed by atoms with E-state index < -0.39 is 0 Å². The molecule has 1 fully saturated rings. The van der Waals surface area contributed by atoms with Crippen LogP contribution in [-0.2, 0) is 5.11 Å². The maximum atomic E-state index is 10.2. The highest BCUT2D eigenvalue weighted by atomic mass is 16.3. The first kappa shape index (κ1) is 9.01. The zero-order chi connectivity index (χ0) is 8.10. The van der Waals surface area contributed by atoms with E-state index in [0.29, 0.717) is 0 Å². The molecule has 0 aromatic carbocycles. The predicted molar refractivity (Wildman–Crippen MR) is 45.0 cm³/mol. The van der Waals surface area contributed by atoms with Crippen molar-refractivity contribution in [3.63, 3.8) is 0 Å². The normalized spacial score (nSPS) is 26.2. The highest BCUT2D eigenvalue weighted by Crippen LogP contribution is 2.18. The molecule has 2 nitrogen and oxygen atoms in total. The van der Waals surface area contributed by atoms with Gasteiger partial charge in [-0.3, -0.25) is 0 Å². The Balaban J connectivity index is 2.09. The Morgan fingerprint density at radius 2 is 2.36 bits per heavy atom. The molecule has 0 aromatic heterocycles. The fraction of sp³-hybridized carbons (Fsp3) is 1.00. The van der Waals surface area contributed by atoms with Crippen LogP contribution in [-0.4, -0.2) is 31.1 Å². The minimum atomic E-state index is 0.0906. The average Bonchev–Trinajstić information content (AvgIpc) is 2.48. The molecule has 0 spiro atoms. The van der Waals surface area contributed by atoms with E-state index in [-0.39, 0.29) is 6.61 Å². The molecule has 0 aromatic rings. The van der Waals surface area contributed by atoms with Crippen LogP contribution in [0.1, 0.15) is 26.2 Å². The van der Waals surface area contributed by atoms with Crippen LogP contribution in [0.4, 0.5) is 0 Å². The van der Waals surface area contributed by atoms with Gasteiger partial charge in [0.15, 0.2) is 0 Å². The first-order chi connectivity index (χ1) is 5.36. The summed E-state index contributed by atoms with van der Waals surface area (Å²) in [6, 6.07) is 0. The fourth-order valence-electron chi connectivity index (χ4n) is 1.74. The van der Waals surface area contributed by atoms with Crippen molar-refractivity contribution < 1.29 is 5.11 Å². The van der Waals surface area contributed by atoms with E-state index in [4.69, 9.17) is 0 Å². The van der Waals surface area contributed by atoms with Gasteiger partial charge in [-0.05, 0) is 25.3 Å². The SMILES string of the molecule is CCC1CCN(CCC[O])C1. The van der Waals surface area contributed by atoms with Crippen LogP contribution in [0.15, 0.2) is 0 Å². The van der Waals surface area contributed by atoms with Crippen LogP contribution in [0.3, 0.4) is 0 Å². The van der Waals surface area contributed by atoms with Crippen molar-refractivity contribution in [2.45, 2.75) is 26.2 Å². The second kappa shape index (κ2) is 4.73. The van der Waals surface area contributed by atoms with Crippen LogP contribution in [0.2, 0.25) is 0 Å². The van der Waals surface area contributed by atoms with Crippen LogP contribution in [0.5, 0.6) is 0 Å². The third-order valence-corrected chi connectivity index (χ3v) is 2.57. The Kier molecular flexibility index (Phi) is 3.87. The Hall–Kier alpha value is -0.0800. The molecule has 0 N–H and O–H groups in total. The monoisotopic (exact) mass is 156 g/mol. The van der Waals surface area contributed by atoms with Crippen molar-refractivity contribution >= 4 is 0 Å².